The molecule has 0 aliphatic heterocycles. The second kappa shape index (κ2) is 5.69. The third kappa shape index (κ3) is 3.21. The average Bonchev–Trinajstić information content (AvgIpc) is 3.30. The van der Waals surface area contributed by atoms with Crippen molar-refractivity contribution in [1.82, 2.24) is 4.31 Å². The topological polar surface area (TPSA) is 37.4 Å². The van der Waals surface area contributed by atoms with Crippen molar-refractivity contribution in [2.45, 2.75) is 42.5 Å². The maximum absolute atomic E-state index is 14.4. The van der Waals surface area contributed by atoms with E-state index in [0.717, 1.165) is 25.7 Å². The molecule has 2 fully saturated rings. The van der Waals surface area contributed by atoms with Gasteiger partial charge in [0.25, 0.3) is 0 Å². The molecule has 0 unspecified atom stereocenters. The molecule has 2 saturated carbocycles. The van der Waals surface area contributed by atoms with Gasteiger partial charge in [-0.15, -0.1) is 11.6 Å². The molecular formula is C14H16Cl2FNO2S. The Hall–Kier alpha value is -0.360. The van der Waals surface area contributed by atoms with Crippen LogP contribution < -0.4 is 0 Å². The van der Waals surface area contributed by atoms with Gasteiger partial charge in [0, 0.05) is 23.2 Å². The SMILES string of the molecule is O=S(=O)(c1cc(Cl)cc(CCl)c1F)N(CC1CC1)C1CC1. The lowest BCUT2D eigenvalue weighted by atomic mass is 10.2. The van der Waals surface area contributed by atoms with Crippen LogP contribution in [0.5, 0.6) is 0 Å². The smallest absolute Gasteiger partial charge is 0.207 e. The van der Waals surface area contributed by atoms with Gasteiger partial charge in [0.15, 0.2) is 0 Å². The summed E-state index contributed by atoms with van der Waals surface area (Å²) in [6.07, 6.45) is 3.78. The Bertz CT molecular complexity index is 657. The van der Waals surface area contributed by atoms with Crippen molar-refractivity contribution < 1.29 is 12.8 Å². The second-order valence-corrected chi connectivity index (χ2v) is 8.32. The fourth-order valence-electron chi connectivity index (χ4n) is 2.39. The van der Waals surface area contributed by atoms with E-state index in [4.69, 9.17) is 23.2 Å². The quantitative estimate of drug-likeness (QED) is 0.731. The van der Waals surface area contributed by atoms with Gasteiger partial charge in [-0.25, -0.2) is 12.8 Å². The van der Waals surface area contributed by atoms with Crippen LogP contribution in [0, 0.1) is 11.7 Å². The number of rotatable bonds is 6. The summed E-state index contributed by atoms with van der Waals surface area (Å²) in [6.45, 7) is 0.481. The molecule has 0 bridgehead atoms. The maximum atomic E-state index is 14.4. The monoisotopic (exact) mass is 351 g/mol. The molecule has 21 heavy (non-hydrogen) atoms. The van der Waals surface area contributed by atoms with Crippen LogP contribution in [0.25, 0.3) is 0 Å². The first-order valence-electron chi connectivity index (χ1n) is 6.99. The van der Waals surface area contributed by atoms with Crippen molar-refractivity contribution >= 4 is 33.2 Å². The highest BCUT2D eigenvalue weighted by Gasteiger charge is 2.42. The molecule has 0 spiro atoms. The predicted molar refractivity (Wildman–Crippen MR) is 80.6 cm³/mol. The zero-order valence-corrected chi connectivity index (χ0v) is 13.7. The van der Waals surface area contributed by atoms with Crippen LogP contribution in [0.3, 0.4) is 0 Å². The first-order chi connectivity index (χ1) is 9.93. The van der Waals surface area contributed by atoms with Crippen LogP contribution in [0.4, 0.5) is 4.39 Å². The zero-order valence-electron chi connectivity index (χ0n) is 11.4. The highest BCUT2D eigenvalue weighted by molar-refractivity contribution is 7.89. The average molecular weight is 352 g/mol. The second-order valence-electron chi connectivity index (χ2n) is 5.76. The van der Waals surface area contributed by atoms with Crippen LogP contribution in [-0.4, -0.2) is 25.3 Å². The fraction of sp³-hybridized carbons (Fsp3) is 0.571. The molecule has 1 aromatic rings. The van der Waals surface area contributed by atoms with Crippen LogP contribution >= 0.6 is 23.2 Å². The number of halogens is 3. The summed E-state index contributed by atoms with van der Waals surface area (Å²) in [7, 11) is -3.86. The Morgan fingerprint density at radius 2 is 1.90 bits per heavy atom. The van der Waals surface area contributed by atoms with Crippen molar-refractivity contribution in [2.24, 2.45) is 5.92 Å². The molecular weight excluding hydrogens is 336 g/mol. The van der Waals surface area contributed by atoms with Crippen LogP contribution in [-0.2, 0) is 15.9 Å². The Balaban J connectivity index is 2.01. The van der Waals surface area contributed by atoms with Gasteiger partial charge in [0.2, 0.25) is 10.0 Å². The molecule has 0 heterocycles. The Morgan fingerprint density at radius 1 is 1.24 bits per heavy atom. The minimum absolute atomic E-state index is 0.00781. The maximum Gasteiger partial charge on any atom is 0.246 e. The minimum atomic E-state index is -3.86. The summed E-state index contributed by atoms with van der Waals surface area (Å²) < 4.78 is 41.5. The van der Waals surface area contributed by atoms with Crippen LogP contribution in [0.1, 0.15) is 31.2 Å². The molecule has 2 aliphatic rings. The van der Waals surface area contributed by atoms with E-state index in [1.165, 1.54) is 16.4 Å². The molecule has 0 amide bonds. The third-order valence-corrected chi connectivity index (χ3v) is 6.32. The summed E-state index contributed by atoms with van der Waals surface area (Å²) in [6, 6.07) is 2.56. The van der Waals surface area contributed by atoms with E-state index in [2.05, 4.69) is 0 Å². The van der Waals surface area contributed by atoms with Gasteiger partial charge < -0.3 is 0 Å². The van der Waals surface area contributed by atoms with Gasteiger partial charge >= 0.3 is 0 Å². The number of nitrogens with zero attached hydrogens (tertiary/aromatic N) is 1. The van der Waals surface area contributed by atoms with E-state index in [1.54, 1.807) is 0 Å². The lowest BCUT2D eigenvalue weighted by Gasteiger charge is -2.22. The van der Waals surface area contributed by atoms with Gasteiger partial charge in [0.05, 0.1) is 5.88 Å². The van der Waals surface area contributed by atoms with Crippen molar-refractivity contribution in [3.63, 3.8) is 0 Å². The van der Waals surface area contributed by atoms with Crippen LogP contribution in [0.15, 0.2) is 17.0 Å². The molecule has 1 aromatic carbocycles. The summed E-state index contributed by atoms with van der Waals surface area (Å²) in [5, 5.41) is 0.188. The third-order valence-electron chi connectivity index (χ3n) is 3.90. The molecule has 0 atom stereocenters. The summed E-state index contributed by atoms with van der Waals surface area (Å²) in [5.41, 5.74) is 0.116. The van der Waals surface area contributed by atoms with E-state index >= 15 is 0 Å². The molecule has 3 rings (SSSR count). The van der Waals surface area contributed by atoms with E-state index in [1.807, 2.05) is 0 Å². The highest BCUT2D eigenvalue weighted by atomic mass is 35.5. The van der Waals surface area contributed by atoms with Crippen molar-refractivity contribution in [1.29, 1.82) is 0 Å². The Morgan fingerprint density at radius 3 is 2.43 bits per heavy atom. The van der Waals surface area contributed by atoms with Gasteiger partial charge in [-0.05, 0) is 43.7 Å². The molecule has 7 heteroatoms. The van der Waals surface area contributed by atoms with Crippen molar-refractivity contribution in [3.8, 4) is 0 Å². The Labute approximate surface area is 134 Å². The van der Waals surface area contributed by atoms with Gasteiger partial charge in [-0.3, -0.25) is 0 Å². The van der Waals surface area contributed by atoms with E-state index in [9.17, 15) is 12.8 Å². The van der Waals surface area contributed by atoms with Gasteiger partial charge in [-0.1, -0.05) is 11.6 Å². The fourth-order valence-corrected chi connectivity index (χ4v) is 4.79. The molecule has 0 aromatic heterocycles. The number of alkyl halides is 1. The van der Waals surface area contributed by atoms with E-state index in [0.29, 0.717) is 12.5 Å². The molecule has 116 valence electrons. The number of hydrogen-bond acceptors (Lipinski definition) is 2. The highest BCUT2D eigenvalue weighted by Crippen LogP contribution is 2.39. The normalized spacial score (nSPS) is 19.2. The Kier molecular flexibility index (Phi) is 4.21. The molecule has 2 aliphatic carbocycles. The van der Waals surface area contributed by atoms with E-state index in [-0.39, 0.29) is 27.4 Å². The number of benzene rings is 1. The van der Waals surface area contributed by atoms with Gasteiger partial charge in [-0.2, -0.15) is 4.31 Å². The van der Waals surface area contributed by atoms with Gasteiger partial charge in [0.1, 0.15) is 10.7 Å². The van der Waals surface area contributed by atoms with Crippen molar-refractivity contribution in [2.75, 3.05) is 6.54 Å². The first-order valence-corrected chi connectivity index (χ1v) is 9.34. The molecule has 0 N–H and O–H groups in total. The molecule has 3 nitrogen and oxygen atoms in total. The standard InChI is InChI=1S/C14H16Cl2FNO2S/c15-7-10-5-11(16)6-13(14(10)17)21(19,20)18(12-3-4-12)8-9-1-2-9/h5-6,9,12H,1-4,7-8H2. The largest absolute Gasteiger partial charge is 0.246 e. The minimum Gasteiger partial charge on any atom is -0.207 e. The number of hydrogen-bond donors (Lipinski definition) is 0. The van der Waals surface area contributed by atoms with Crippen LogP contribution in [0.2, 0.25) is 5.02 Å². The predicted octanol–water partition coefficient (Wildman–Crippen LogP) is 3.78. The first kappa shape index (κ1) is 15.5. The summed E-state index contributed by atoms with van der Waals surface area (Å²) in [5.74, 6) is -0.480. The van der Waals surface area contributed by atoms with Crippen molar-refractivity contribution in [3.05, 3.63) is 28.5 Å². The summed E-state index contributed by atoms with van der Waals surface area (Å²) in [4.78, 5) is -0.349. The molecule has 0 radical (unpaired) electrons. The lowest BCUT2D eigenvalue weighted by Crippen LogP contribution is -2.35. The van der Waals surface area contributed by atoms with E-state index < -0.39 is 15.8 Å². The number of sulfonamides is 1. The molecule has 0 saturated heterocycles. The zero-order chi connectivity index (χ0) is 15.2. The lowest BCUT2D eigenvalue weighted by molar-refractivity contribution is 0.385. The summed E-state index contributed by atoms with van der Waals surface area (Å²) >= 11 is 11.6.